The van der Waals surface area contributed by atoms with E-state index in [1.165, 1.54) is 16.1 Å². The standard InChI is InChI=1S/C14H21N3S/c1-11(17(3)10-6-9-15-2)14-16-12-7-4-5-8-13(12)18-14/h4-5,7-8,11,15H,6,9-10H2,1-3H3. The molecule has 0 fully saturated rings. The Bertz CT molecular complexity index is 461. The van der Waals surface area contributed by atoms with Crippen molar-refractivity contribution < 1.29 is 0 Å². The average molecular weight is 263 g/mol. The topological polar surface area (TPSA) is 28.2 Å². The van der Waals surface area contributed by atoms with Crippen molar-refractivity contribution in [3.63, 3.8) is 0 Å². The first-order valence-corrected chi connectivity index (χ1v) is 7.24. The number of hydrogen-bond donors (Lipinski definition) is 1. The molecule has 0 aliphatic rings. The third-order valence-electron chi connectivity index (χ3n) is 3.27. The smallest absolute Gasteiger partial charge is 0.111 e. The van der Waals surface area contributed by atoms with Crippen LogP contribution in [0, 0.1) is 0 Å². The minimum atomic E-state index is 0.388. The number of benzene rings is 1. The van der Waals surface area contributed by atoms with Gasteiger partial charge in [0.25, 0.3) is 0 Å². The second-order valence-electron chi connectivity index (χ2n) is 4.63. The molecule has 2 rings (SSSR count). The predicted molar refractivity (Wildman–Crippen MR) is 79.2 cm³/mol. The lowest BCUT2D eigenvalue weighted by Crippen LogP contribution is -2.25. The van der Waals surface area contributed by atoms with Gasteiger partial charge in [-0.05, 0) is 52.7 Å². The summed E-state index contributed by atoms with van der Waals surface area (Å²) in [5, 5.41) is 4.39. The van der Waals surface area contributed by atoms with E-state index >= 15 is 0 Å². The third-order valence-corrected chi connectivity index (χ3v) is 4.47. The number of nitrogens with zero attached hydrogens (tertiary/aromatic N) is 2. The zero-order valence-corrected chi connectivity index (χ0v) is 12.1. The van der Waals surface area contributed by atoms with E-state index in [9.17, 15) is 0 Å². The van der Waals surface area contributed by atoms with Crippen molar-refractivity contribution >= 4 is 21.6 Å². The van der Waals surface area contributed by atoms with Crippen molar-refractivity contribution in [2.45, 2.75) is 19.4 Å². The summed E-state index contributed by atoms with van der Waals surface area (Å²) >= 11 is 1.80. The van der Waals surface area contributed by atoms with Crippen LogP contribution in [0.5, 0.6) is 0 Å². The molecule has 0 radical (unpaired) electrons. The molecule has 1 N–H and O–H groups in total. The van der Waals surface area contributed by atoms with Crippen molar-refractivity contribution in [3.05, 3.63) is 29.3 Å². The summed E-state index contributed by atoms with van der Waals surface area (Å²) in [6, 6.07) is 8.74. The van der Waals surface area contributed by atoms with Crippen LogP contribution in [0.2, 0.25) is 0 Å². The van der Waals surface area contributed by atoms with Crippen LogP contribution in [-0.4, -0.2) is 37.1 Å². The fourth-order valence-corrected chi connectivity index (χ4v) is 3.04. The molecule has 1 aromatic carbocycles. The molecule has 0 aliphatic carbocycles. The van der Waals surface area contributed by atoms with E-state index in [1.807, 2.05) is 13.1 Å². The van der Waals surface area contributed by atoms with Crippen LogP contribution >= 0.6 is 11.3 Å². The van der Waals surface area contributed by atoms with Crippen LogP contribution in [0.25, 0.3) is 10.2 Å². The van der Waals surface area contributed by atoms with E-state index in [0.717, 1.165) is 18.6 Å². The maximum atomic E-state index is 4.72. The van der Waals surface area contributed by atoms with Crippen LogP contribution in [0.4, 0.5) is 0 Å². The molecule has 4 heteroatoms. The van der Waals surface area contributed by atoms with Crippen LogP contribution in [0.3, 0.4) is 0 Å². The lowest BCUT2D eigenvalue weighted by molar-refractivity contribution is 0.258. The van der Waals surface area contributed by atoms with Crippen molar-refractivity contribution in [2.24, 2.45) is 0 Å². The molecule has 0 bridgehead atoms. The van der Waals surface area contributed by atoms with Gasteiger partial charge in [0.15, 0.2) is 0 Å². The number of fused-ring (bicyclic) bond motifs is 1. The molecular formula is C14H21N3S. The average Bonchev–Trinajstić information content (AvgIpc) is 2.81. The quantitative estimate of drug-likeness (QED) is 0.812. The van der Waals surface area contributed by atoms with E-state index in [2.05, 4.69) is 42.4 Å². The maximum Gasteiger partial charge on any atom is 0.111 e. The molecule has 1 aromatic heterocycles. The second-order valence-corrected chi connectivity index (χ2v) is 5.70. The monoisotopic (exact) mass is 263 g/mol. The Kier molecular flexibility index (Phi) is 4.69. The summed E-state index contributed by atoms with van der Waals surface area (Å²) in [5.74, 6) is 0. The minimum absolute atomic E-state index is 0.388. The molecule has 0 saturated carbocycles. The van der Waals surface area contributed by atoms with Gasteiger partial charge in [-0.15, -0.1) is 11.3 Å². The molecule has 1 heterocycles. The summed E-state index contributed by atoms with van der Waals surface area (Å²) in [6.45, 7) is 4.39. The van der Waals surface area contributed by atoms with E-state index in [4.69, 9.17) is 4.98 Å². The lowest BCUT2D eigenvalue weighted by Gasteiger charge is -2.22. The van der Waals surface area contributed by atoms with Gasteiger partial charge < -0.3 is 5.32 Å². The SMILES string of the molecule is CNCCCN(C)C(C)c1nc2ccccc2s1. The van der Waals surface area contributed by atoms with Crippen LogP contribution < -0.4 is 5.32 Å². The minimum Gasteiger partial charge on any atom is -0.320 e. The van der Waals surface area contributed by atoms with Crippen LogP contribution in [0.1, 0.15) is 24.4 Å². The predicted octanol–water partition coefficient (Wildman–Crippen LogP) is 2.90. The van der Waals surface area contributed by atoms with E-state index < -0.39 is 0 Å². The highest BCUT2D eigenvalue weighted by Crippen LogP contribution is 2.28. The second kappa shape index (κ2) is 6.27. The summed E-state index contributed by atoms with van der Waals surface area (Å²) in [6.07, 6.45) is 1.17. The molecule has 0 amide bonds. The highest BCUT2D eigenvalue weighted by molar-refractivity contribution is 7.18. The maximum absolute atomic E-state index is 4.72. The number of hydrogen-bond acceptors (Lipinski definition) is 4. The number of rotatable bonds is 6. The zero-order chi connectivity index (χ0) is 13.0. The van der Waals surface area contributed by atoms with Gasteiger partial charge in [0.2, 0.25) is 0 Å². The van der Waals surface area contributed by atoms with Crippen molar-refractivity contribution in [1.82, 2.24) is 15.2 Å². The molecule has 0 aliphatic heterocycles. The highest BCUT2D eigenvalue weighted by atomic mass is 32.1. The van der Waals surface area contributed by atoms with Crippen LogP contribution in [-0.2, 0) is 0 Å². The van der Waals surface area contributed by atoms with Gasteiger partial charge in [0, 0.05) is 0 Å². The number of thiazole rings is 1. The molecule has 2 aromatic rings. The molecule has 1 unspecified atom stereocenters. The van der Waals surface area contributed by atoms with Crippen LogP contribution in [0.15, 0.2) is 24.3 Å². The van der Waals surface area contributed by atoms with Crippen molar-refractivity contribution in [3.8, 4) is 0 Å². The third kappa shape index (κ3) is 3.07. The van der Waals surface area contributed by atoms with E-state index in [1.54, 1.807) is 11.3 Å². The Hall–Kier alpha value is -0.970. The number of nitrogens with one attached hydrogen (secondary N) is 1. The van der Waals surface area contributed by atoms with Gasteiger partial charge >= 0.3 is 0 Å². The Balaban J connectivity index is 2.05. The Morgan fingerprint density at radius 3 is 2.89 bits per heavy atom. The lowest BCUT2D eigenvalue weighted by atomic mass is 10.3. The Morgan fingerprint density at radius 1 is 1.39 bits per heavy atom. The molecule has 0 spiro atoms. The first-order chi connectivity index (χ1) is 8.72. The summed E-state index contributed by atoms with van der Waals surface area (Å²) < 4.78 is 1.28. The highest BCUT2D eigenvalue weighted by Gasteiger charge is 2.15. The number of aromatic nitrogens is 1. The Morgan fingerprint density at radius 2 is 2.17 bits per heavy atom. The van der Waals surface area contributed by atoms with Gasteiger partial charge in [0.05, 0.1) is 16.3 Å². The molecular weight excluding hydrogens is 242 g/mol. The fraction of sp³-hybridized carbons (Fsp3) is 0.500. The van der Waals surface area contributed by atoms with Gasteiger partial charge in [-0.25, -0.2) is 4.98 Å². The first-order valence-electron chi connectivity index (χ1n) is 6.42. The van der Waals surface area contributed by atoms with Crippen molar-refractivity contribution in [2.75, 3.05) is 27.2 Å². The first kappa shape index (κ1) is 13.5. The van der Waals surface area contributed by atoms with Gasteiger partial charge in [-0.3, -0.25) is 4.90 Å². The molecule has 1 atom stereocenters. The number of para-hydroxylation sites is 1. The molecule has 0 saturated heterocycles. The molecule has 98 valence electrons. The molecule has 3 nitrogen and oxygen atoms in total. The molecule has 18 heavy (non-hydrogen) atoms. The van der Waals surface area contributed by atoms with E-state index in [0.29, 0.717) is 6.04 Å². The summed E-state index contributed by atoms with van der Waals surface area (Å²) in [4.78, 5) is 7.09. The largest absolute Gasteiger partial charge is 0.320 e. The normalized spacial score (nSPS) is 13.3. The van der Waals surface area contributed by atoms with Gasteiger partial charge in [-0.2, -0.15) is 0 Å². The van der Waals surface area contributed by atoms with Crippen molar-refractivity contribution in [1.29, 1.82) is 0 Å². The van der Waals surface area contributed by atoms with Gasteiger partial charge in [-0.1, -0.05) is 12.1 Å². The fourth-order valence-electron chi connectivity index (χ4n) is 1.96. The van der Waals surface area contributed by atoms with E-state index in [-0.39, 0.29) is 0 Å². The summed E-state index contributed by atoms with van der Waals surface area (Å²) in [7, 11) is 4.17. The summed E-state index contributed by atoms with van der Waals surface area (Å²) in [5.41, 5.74) is 1.12. The Labute approximate surface area is 113 Å². The zero-order valence-electron chi connectivity index (χ0n) is 11.3. The van der Waals surface area contributed by atoms with Gasteiger partial charge in [0.1, 0.15) is 5.01 Å².